The minimum atomic E-state index is -1.77. The number of oxime groups is 1. The van der Waals surface area contributed by atoms with Crippen molar-refractivity contribution in [3.63, 3.8) is 0 Å². The van der Waals surface area contributed by atoms with E-state index in [-0.39, 0.29) is 22.3 Å². The van der Waals surface area contributed by atoms with Gasteiger partial charge in [0.2, 0.25) is 5.60 Å². The summed E-state index contributed by atoms with van der Waals surface area (Å²) in [5.41, 5.74) is 3.72. The molecule has 0 aliphatic carbocycles. The molecule has 4 heterocycles. The zero-order chi connectivity index (χ0) is 29.4. The molecule has 16 heteroatoms. The smallest absolute Gasteiger partial charge is 0.352 e. The Hall–Kier alpha value is -4.02. The van der Waals surface area contributed by atoms with E-state index in [0.717, 1.165) is 21.1 Å². The van der Waals surface area contributed by atoms with E-state index in [1.807, 2.05) is 36.1 Å². The number of fused-ring (bicyclic) bond motifs is 1. The normalized spacial score (nSPS) is 21.0. The number of carbonyl (C=O) groups is 4. The average Bonchev–Trinajstić information content (AvgIpc) is 3.32. The van der Waals surface area contributed by atoms with Crippen molar-refractivity contribution in [1.82, 2.24) is 15.2 Å². The molecule has 2 aromatic rings. The number of nitrogens with one attached hydrogen (secondary N) is 1. The zero-order valence-corrected chi connectivity index (χ0v) is 23.5. The number of aliphatic carboxylic acids is 2. The van der Waals surface area contributed by atoms with Gasteiger partial charge in [0, 0.05) is 28.2 Å². The van der Waals surface area contributed by atoms with Gasteiger partial charge in [-0.05, 0) is 26.3 Å². The maximum Gasteiger partial charge on any atom is 0.352 e. The molecule has 14 nitrogen and oxygen atoms in total. The number of nitrogens with zero attached hydrogens (tertiary/aromatic N) is 4. The number of thiazole rings is 1. The molecule has 2 aliphatic rings. The van der Waals surface area contributed by atoms with E-state index in [2.05, 4.69) is 15.5 Å². The number of β-lactam (4-membered cyclic amide) rings is 1. The molecule has 0 spiro atoms. The number of carbonyl (C=O) groups excluding carboxylic acids is 2. The number of nitrogens with two attached hydrogens (primary N) is 1. The van der Waals surface area contributed by atoms with Gasteiger partial charge in [-0.1, -0.05) is 5.16 Å². The van der Waals surface area contributed by atoms with Gasteiger partial charge in [-0.2, -0.15) is 0 Å². The molecule has 2 amide bonds. The lowest BCUT2D eigenvalue weighted by molar-refractivity contribution is -0.671. The van der Waals surface area contributed by atoms with Crippen molar-refractivity contribution in [2.24, 2.45) is 12.2 Å². The highest BCUT2D eigenvalue weighted by molar-refractivity contribution is 7.99. The molecule has 3 atom stereocenters. The van der Waals surface area contributed by atoms with Crippen LogP contribution >= 0.6 is 23.1 Å². The summed E-state index contributed by atoms with van der Waals surface area (Å²) in [6.07, 6.45) is 1.98. The number of nitrogen functional groups attached to an aromatic ring is 1. The number of aromatic nitrogens is 2. The lowest BCUT2D eigenvalue weighted by Gasteiger charge is -2.51. The number of ether oxygens (including phenoxy) is 1. The Balaban J connectivity index is 1.55. The molecule has 0 radical (unpaired) electrons. The van der Waals surface area contributed by atoms with Crippen LogP contribution < -0.4 is 15.6 Å². The lowest BCUT2D eigenvalue weighted by atomic mass is 9.96. The minimum Gasteiger partial charge on any atom is -0.478 e. The highest BCUT2D eigenvalue weighted by Gasteiger charge is 2.56. The minimum absolute atomic E-state index is 0.00249. The van der Waals surface area contributed by atoms with E-state index < -0.39 is 53.4 Å². The van der Waals surface area contributed by atoms with Crippen LogP contribution in [-0.4, -0.2) is 79.3 Å². The third-order valence-corrected chi connectivity index (χ3v) is 7.85. The molecule has 40 heavy (non-hydrogen) atoms. The van der Waals surface area contributed by atoms with E-state index in [4.69, 9.17) is 15.3 Å². The van der Waals surface area contributed by atoms with Crippen molar-refractivity contribution in [3.05, 3.63) is 46.9 Å². The third kappa shape index (κ3) is 5.78. The summed E-state index contributed by atoms with van der Waals surface area (Å²) in [5.74, 6) is -3.96. The van der Waals surface area contributed by atoms with Crippen molar-refractivity contribution in [3.8, 4) is 0 Å². The molecule has 0 saturated carbocycles. The molecule has 2 aromatic heterocycles. The number of carboxylic acid groups (broad SMARTS) is 2. The fourth-order valence-electron chi connectivity index (χ4n) is 3.79. The predicted octanol–water partition coefficient (Wildman–Crippen LogP) is 0.337. The molecule has 212 valence electrons. The second kappa shape index (κ2) is 11.2. The van der Waals surface area contributed by atoms with Crippen LogP contribution in [-0.2, 0) is 35.8 Å². The fourth-order valence-corrected chi connectivity index (χ4v) is 5.35. The van der Waals surface area contributed by atoms with Crippen LogP contribution in [0.2, 0.25) is 0 Å². The van der Waals surface area contributed by atoms with Crippen LogP contribution in [0.3, 0.4) is 0 Å². The molecule has 0 unspecified atom stereocenters. The Labute approximate surface area is 236 Å². The van der Waals surface area contributed by atoms with E-state index in [0.29, 0.717) is 5.57 Å². The number of thioether (sulfide) groups is 1. The maximum absolute atomic E-state index is 13.2. The molecule has 1 fully saturated rings. The summed E-state index contributed by atoms with van der Waals surface area (Å²) >= 11 is 2.42. The Morgan fingerprint density at radius 2 is 2.00 bits per heavy atom. The van der Waals surface area contributed by atoms with Crippen LogP contribution in [0.5, 0.6) is 0 Å². The molecule has 0 aromatic carbocycles. The van der Waals surface area contributed by atoms with Crippen LogP contribution in [0, 0.1) is 0 Å². The Bertz CT molecular complexity index is 1420. The van der Waals surface area contributed by atoms with Gasteiger partial charge in [-0.25, -0.2) is 19.1 Å². The van der Waals surface area contributed by atoms with Crippen LogP contribution in [0.4, 0.5) is 5.13 Å². The van der Waals surface area contributed by atoms with Gasteiger partial charge in [-0.15, -0.1) is 23.1 Å². The van der Waals surface area contributed by atoms with Crippen LogP contribution in [0.15, 0.2) is 51.2 Å². The Morgan fingerprint density at radius 3 is 2.58 bits per heavy atom. The van der Waals surface area contributed by atoms with Gasteiger partial charge in [-0.3, -0.25) is 14.5 Å². The summed E-state index contributed by atoms with van der Waals surface area (Å²) in [4.78, 5) is 61.0. The second-order valence-corrected chi connectivity index (χ2v) is 11.4. The molecular weight excluding hydrogens is 564 g/mol. The number of anilines is 1. The average molecular weight is 592 g/mol. The number of amides is 2. The van der Waals surface area contributed by atoms with Gasteiger partial charge < -0.3 is 30.8 Å². The number of hydrogen-bond donors (Lipinski definition) is 4. The highest BCUT2D eigenvalue weighted by atomic mass is 32.2. The molecule has 4 rings (SSSR count). The van der Waals surface area contributed by atoms with E-state index >= 15 is 0 Å². The number of rotatable bonds is 10. The summed E-state index contributed by atoms with van der Waals surface area (Å²) in [6.45, 7) is 4.15. The standard InChI is InChI=1S/C24H26N6O8S2/c1-11-13(9-39-12-5-7-29(4)8-6-12)17(21(33)34)30-19(32)16(20(30)37-11)27-18(31)15(14-10-40-23(25)26-14)28-38-24(2,3)22(35)36/h5-8,10-11,16,20H,9H2,1-4H3,(H4-,25,26,27,31,33,34,35,36)/p+1/b28-15-/t11-,16+,20+/m0/s1. The summed E-state index contributed by atoms with van der Waals surface area (Å²) < 4.78 is 7.84. The number of hydrogen-bond acceptors (Lipinski definition) is 11. The summed E-state index contributed by atoms with van der Waals surface area (Å²) in [5, 5.41) is 27.0. The molecular formula is C24H27N6O8S2+. The molecule has 5 N–H and O–H groups in total. The largest absolute Gasteiger partial charge is 0.478 e. The fraction of sp³-hybridized carbons (Fsp3) is 0.375. The topological polar surface area (TPSA) is 198 Å². The van der Waals surface area contributed by atoms with Gasteiger partial charge in [0.25, 0.3) is 11.8 Å². The SMILES string of the molecule is C[C@@H]1O[C@@H]2[C@H](NC(=O)/C(=N\OC(C)(C)C(=O)O)c3csc(N)n3)C(=O)N2C(C(=O)O)=C1CSc1cc[n+](C)cc1. The number of aryl methyl sites for hydroxylation is 1. The van der Waals surface area contributed by atoms with Crippen molar-refractivity contribution in [1.29, 1.82) is 0 Å². The summed E-state index contributed by atoms with van der Waals surface area (Å²) in [6, 6.07) is 2.54. The van der Waals surface area contributed by atoms with Crippen molar-refractivity contribution < 1.29 is 43.5 Å². The predicted molar refractivity (Wildman–Crippen MR) is 142 cm³/mol. The third-order valence-electron chi connectivity index (χ3n) is 6.11. The van der Waals surface area contributed by atoms with Crippen LogP contribution in [0.25, 0.3) is 0 Å². The summed E-state index contributed by atoms with van der Waals surface area (Å²) in [7, 11) is 1.88. The number of pyridine rings is 1. The first kappa shape index (κ1) is 29.0. The second-order valence-electron chi connectivity index (χ2n) is 9.41. The quantitative estimate of drug-likeness (QED) is 0.0977. The van der Waals surface area contributed by atoms with Gasteiger partial charge in [0.05, 0.1) is 6.10 Å². The Kier molecular flexibility index (Phi) is 8.13. The first-order chi connectivity index (χ1) is 18.8. The lowest BCUT2D eigenvalue weighted by Crippen LogP contribution is -2.74. The van der Waals surface area contributed by atoms with Gasteiger partial charge >= 0.3 is 11.9 Å². The van der Waals surface area contributed by atoms with Crippen molar-refractivity contribution >= 4 is 57.7 Å². The van der Waals surface area contributed by atoms with E-state index in [1.165, 1.54) is 31.0 Å². The van der Waals surface area contributed by atoms with Gasteiger partial charge in [0.1, 0.15) is 18.4 Å². The zero-order valence-electron chi connectivity index (χ0n) is 21.9. The van der Waals surface area contributed by atoms with Gasteiger partial charge in [0.15, 0.2) is 35.5 Å². The highest BCUT2D eigenvalue weighted by Crippen LogP contribution is 2.38. The van der Waals surface area contributed by atoms with E-state index in [1.54, 1.807) is 6.92 Å². The molecule has 0 bridgehead atoms. The molecule has 1 saturated heterocycles. The first-order valence-electron chi connectivity index (χ1n) is 11.8. The monoisotopic (exact) mass is 591 g/mol. The van der Waals surface area contributed by atoms with Crippen LogP contribution in [0.1, 0.15) is 26.5 Å². The first-order valence-corrected chi connectivity index (χ1v) is 13.7. The van der Waals surface area contributed by atoms with Crippen molar-refractivity contribution in [2.45, 2.75) is 49.6 Å². The maximum atomic E-state index is 13.2. The Morgan fingerprint density at radius 1 is 1.32 bits per heavy atom. The van der Waals surface area contributed by atoms with Crippen molar-refractivity contribution in [2.75, 3.05) is 11.5 Å². The molecule has 2 aliphatic heterocycles. The van der Waals surface area contributed by atoms with E-state index in [9.17, 15) is 29.4 Å². The number of carboxylic acids is 2.